The van der Waals surface area contributed by atoms with Gasteiger partial charge < -0.3 is 15.5 Å². The Morgan fingerprint density at radius 3 is 2.58 bits per heavy atom. The van der Waals surface area contributed by atoms with Gasteiger partial charge in [-0.25, -0.2) is 4.98 Å². The van der Waals surface area contributed by atoms with Gasteiger partial charge in [0.1, 0.15) is 5.82 Å². The molecule has 0 bridgehead atoms. The molecule has 0 amide bonds. The Balaban J connectivity index is 2.19. The van der Waals surface area contributed by atoms with Gasteiger partial charge in [-0.05, 0) is 33.0 Å². The van der Waals surface area contributed by atoms with Gasteiger partial charge in [-0.1, -0.05) is 0 Å². The van der Waals surface area contributed by atoms with E-state index in [-0.39, 0.29) is 5.69 Å². The Kier molecular flexibility index (Phi) is 3.84. The minimum atomic E-state index is -0.403. The van der Waals surface area contributed by atoms with Crippen LogP contribution in [0.25, 0.3) is 0 Å². The first-order valence-corrected chi connectivity index (χ1v) is 6.31. The summed E-state index contributed by atoms with van der Waals surface area (Å²) < 4.78 is 0. The minimum Gasteiger partial charge on any atom is -0.384 e. The van der Waals surface area contributed by atoms with Crippen molar-refractivity contribution in [2.45, 2.75) is 18.9 Å². The third-order valence-corrected chi connectivity index (χ3v) is 3.57. The van der Waals surface area contributed by atoms with E-state index < -0.39 is 4.92 Å². The molecule has 1 fully saturated rings. The molecule has 0 spiro atoms. The van der Waals surface area contributed by atoms with Gasteiger partial charge >= 0.3 is 5.69 Å². The SMILES string of the molecule is CN(C)C1CCN(c2nc(N)ccc2[N+](=O)[O-])CC1. The van der Waals surface area contributed by atoms with E-state index in [9.17, 15) is 10.1 Å². The maximum Gasteiger partial charge on any atom is 0.311 e. The third-order valence-electron chi connectivity index (χ3n) is 3.57. The Morgan fingerprint density at radius 1 is 1.42 bits per heavy atom. The van der Waals surface area contributed by atoms with Gasteiger partial charge in [0.05, 0.1) is 4.92 Å². The average Bonchev–Trinajstić information content (AvgIpc) is 2.38. The number of piperidine rings is 1. The Hall–Kier alpha value is -1.89. The lowest BCUT2D eigenvalue weighted by Gasteiger charge is -2.35. The van der Waals surface area contributed by atoms with Gasteiger partial charge in [-0.3, -0.25) is 10.1 Å². The number of hydrogen-bond acceptors (Lipinski definition) is 6. The van der Waals surface area contributed by atoms with Crippen molar-refractivity contribution in [3.8, 4) is 0 Å². The van der Waals surface area contributed by atoms with Crippen LogP contribution in [0.3, 0.4) is 0 Å². The normalized spacial score (nSPS) is 16.9. The number of aromatic nitrogens is 1. The van der Waals surface area contributed by atoms with E-state index in [4.69, 9.17) is 5.73 Å². The van der Waals surface area contributed by atoms with Crippen molar-refractivity contribution < 1.29 is 4.92 Å². The molecule has 1 aromatic heterocycles. The van der Waals surface area contributed by atoms with Crippen molar-refractivity contribution in [1.29, 1.82) is 0 Å². The molecule has 1 aliphatic rings. The van der Waals surface area contributed by atoms with Crippen molar-refractivity contribution >= 4 is 17.3 Å². The molecule has 19 heavy (non-hydrogen) atoms. The lowest BCUT2D eigenvalue weighted by atomic mass is 10.0. The van der Waals surface area contributed by atoms with Crippen LogP contribution in [0.4, 0.5) is 17.3 Å². The highest BCUT2D eigenvalue weighted by Crippen LogP contribution is 2.29. The van der Waals surface area contributed by atoms with Crippen LogP contribution in [0.2, 0.25) is 0 Å². The van der Waals surface area contributed by atoms with E-state index in [1.807, 2.05) is 4.90 Å². The fourth-order valence-corrected chi connectivity index (χ4v) is 2.42. The van der Waals surface area contributed by atoms with E-state index in [1.54, 1.807) is 0 Å². The topological polar surface area (TPSA) is 88.5 Å². The van der Waals surface area contributed by atoms with Crippen molar-refractivity contribution in [2.75, 3.05) is 37.8 Å². The Labute approximate surface area is 112 Å². The second kappa shape index (κ2) is 5.40. The summed E-state index contributed by atoms with van der Waals surface area (Å²) in [5.74, 6) is 0.706. The lowest BCUT2D eigenvalue weighted by molar-refractivity contribution is -0.384. The van der Waals surface area contributed by atoms with Crippen LogP contribution in [-0.2, 0) is 0 Å². The van der Waals surface area contributed by atoms with Gasteiger partial charge in [-0.2, -0.15) is 0 Å². The highest BCUT2D eigenvalue weighted by Gasteiger charge is 2.26. The molecule has 0 atom stereocenters. The quantitative estimate of drug-likeness (QED) is 0.650. The summed E-state index contributed by atoms with van der Waals surface area (Å²) in [6.07, 6.45) is 1.95. The average molecular weight is 265 g/mol. The van der Waals surface area contributed by atoms with E-state index in [1.165, 1.54) is 12.1 Å². The molecule has 0 aliphatic carbocycles. The Bertz CT molecular complexity index is 469. The van der Waals surface area contributed by atoms with Crippen molar-refractivity contribution in [3.63, 3.8) is 0 Å². The summed E-state index contributed by atoms with van der Waals surface area (Å²) >= 11 is 0. The molecular weight excluding hydrogens is 246 g/mol. The van der Waals surface area contributed by atoms with Crippen LogP contribution in [0.5, 0.6) is 0 Å². The second-order valence-electron chi connectivity index (χ2n) is 5.02. The molecule has 0 radical (unpaired) electrons. The molecule has 2 N–H and O–H groups in total. The number of nitro groups is 1. The zero-order valence-corrected chi connectivity index (χ0v) is 11.2. The van der Waals surface area contributed by atoms with Crippen LogP contribution in [-0.4, -0.2) is 48.0 Å². The number of pyridine rings is 1. The maximum atomic E-state index is 11.0. The zero-order chi connectivity index (χ0) is 14.0. The summed E-state index contributed by atoms with van der Waals surface area (Å²) in [5.41, 5.74) is 5.67. The molecule has 0 saturated carbocycles. The maximum absolute atomic E-state index is 11.0. The van der Waals surface area contributed by atoms with Crippen molar-refractivity contribution in [3.05, 3.63) is 22.2 Å². The standard InChI is InChI=1S/C12H19N5O2/c1-15(2)9-5-7-16(8-6-9)12-10(17(18)19)3-4-11(13)14-12/h3-4,9H,5-8H2,1-2H3,(H2,13,14). The highest BCUT2D eigenvalue weighted by molar-refractivity contribution is 5.61. The first kappa shape index (κ1) is 13.5. The lowest BCUT2D eigenvalue weighted by Crippen LogP contribution is -2.42. The van der Waals surface area contributed by atoms with Crippen LogP contribution in [0.15, 0.2) is 12.1 Å². The number of anilines is 2. The summed E-state index contributed by atoms with van der Waals surface area (Å²) in [7, 11) is 4.11. The van der Waals surface area contributed by atoms with Gasteiger partial charge in [0.2, 0.25) is 5.82 Å². The van der Waals surface area contributed by atoms with Crippen LogP contribution >= 0.6 is 0 Å². The molecule has 2 heterocycles. The van der Waals surface area contributed by atoms with Gasteiger partial charge in [-0.15, -0.1) is 0 Å². The van der Waals surface area contributed by atoms with Crippen molar-refractivity contribution in [1.82, 2.24) is 9.88 Å². The molecule has 7 nitrogen and oxygen atoms in total. The number of rotatable bonds is 3. The first-order valence-electron chi connectivity index (χ1n) is 6.31. The fraction of sp³-hybridized carbons (Fsp3) is 0.583. The zero-order valence-electron chi connectivity index (χ0n) is 11.2. The smallest absolute Gasteiger partial charge is 0.311 e. The summed E-state index contributed by atoms with van der Waals surface area (Å²) in [6.45, 7) is 1.53. The predicted molar refractivity (Wildman–Crippen MR) is 74.2 cm³/mol. The predicted octanol–water partition coefficient (Wildman–Crippen LogP) is 1.10. The van der Waals surface area contributed by atoms with E-state index in [0.717, 1.165) is 25.9 Å². The second-order valence-corrected chi connectivity index (χ2v) is 5.02. The van der Waals surface area contributed by atoms with Gasteiger partial charge in [0, 0.05) is 25.2 Å². The van der Waals surface area contributed by atoms with Gasteiger partial charge in [0.25, 0.3) is 0 Å². The molecule has 1 aliphatic heterocycles. The number of nitrogens with two attached hydrogens (primary N) is 1. The summed E-state index contributed by atoms with van der Waals surface area (Å²) in [6, 6.07) is 3.42. The molecule has 0 aromatic carbocycles. The largest absolute Gasteiger partial charge is 0.384 e. The molecule has 1 aromatic rings. The van der Waals surface area contributed by atoms with Crippen LogP contribution in [0.1, 0.15) is 12.8 Å². The third kappa shape index (κ3) is 2.93. The molecular formula is C12H19N5O2. The Morgan fingerprint density at radius 2 is 2.05 bits per heavy atom. The number of hydrogen-bond donors (Lipinski definition) is 1. The molecule has 1 saturated heterocycles. The van der Waals surface area contributed by atoms with Crippen LogP contribution < -0.4 is 10.6 Å². The fourth-order valence-electron chi connectivity index (χ4n) is 2.42. The van der Waals surface area contributed by atoms with Gasteiger partial charge in [0.15, 0.2) is 0 Å². The summed E-state index contributed by atoms with van der Waals surface area (Å²) in [5, 5.41) is 11.0. The minimum absolute atomic E-state index is 0.0255. The molecule has 2 rings (SSSR count). The van der Waals surface area contributed by atoms with E-state index in [0.29, 0.717) is 17.7 Å². The summed E-state index contributed by atoms with van der Waals surface area (Å²) in [4.78, 5) is 18.9. The van der Waals surface area contributed by atoms with Crippen molar-refractivity contribution in [2.24, 2.45) is 0 Å². The number of nitrogen functional groups attached to an aromatic ring is 1. The van der Waals surface area contributed by atoms with E-state index >= 15 is 0 Å². The first-order chi connectivity index (χ1) is 8.99. The molecule has 104 valence electrons. The molecule has 7 heteroatoms. The number of nitrogens with zero attached hydrogens (tertiary/aromatic N) is 4. The monoisotopic (exact) mass is 265 g/mol. The highest BCUT2D eigenvalue weighted by atomic mass is 16.6. The molecule has 0 unspecified atom stereocenters. The van der Waals surface area contributed by atoms with Crippen LogP contribution in [0, 0.1) is 10.1 Å². The van der Waals surface area contributed by atoms with E-state index in [2.05, 4.69) is 24.0 Å².